The van der Waals surface area contributed by atoms with Crippen molar-refractivity contribution in [2.75, 3.05) is 19.6 Å². The van der Waals surface area contributed by atoms with E-state index in [0.717, 1.165) is 37.6 Å². The van der Waals surface area contributed by atoms with Crippen LogP contribution in [-0.2, 0) is 20.0 Å². The zero-order valence-electron chi connectivity index (χ0n) is 16.4. The molecule has 7 nitrogen and oxygen atoms in total. The highest BCUT2D eigenvalue weighted by Gasteiger charge is 2.26. The molecule has 0 saturated carbocycles. The number of hydrogen-bond donors (Lipinski definition) is 2. The third kappa shape index (κ3) is 5.64. The van der Waals surface area contributed by atoms with Crippen LogP contribution < -0.4 is 9.86 Å². The van der Waals surface area contributed by atoms with Crippen LogP contribution >= 0.6 is 0 Å². The van der Waals surface area contributed by atoms with Gasteiger partial charge in [0.2, 0.25) is 20.0 Å². The van der Waals surface area contributed by atoms with Crippen LogP contribution in [-0.4, -0.2) is 41.4 Å². The molecule has 0 radical (unpaired) electrons. The fourth-order valence-electron chi connectivity index (χ4n) is 3.56. The van der Waals surface area contributed by atoms with Crippen molar-refractivity contribution < 1.29 is 16.8 Å². The minimum atomic E-state index is -3.98. The Morgan fingerprint density at radius 2 is 1.62 bits per heavy atom. The fraction of sp³-hybridized carbons (Fsp3) is 0.400. The number of nitrogens with zero attached hydrogens (tertiary/aromatic N) is 1. The van der Waals surface area contributed by atoms with Crippen LogP contribution in [0, 0.1) is 5.92 Å². The normalized spacial score (nSPS) is 17.9. The Kier molecular flexibility index (Phi) is 6.75. The molecule has 1 heterocycles. The van der Waals surface area contributed by atoms with E-state index in [0.29, 0.717) is 5.92 Å². The van der Waals surface area contributed by atoms with Crippen LogP contribution in [0.1, 0.15) is 31.4 Å². The van der Waals surface area contributed by atoms with Gasteiger partial charge in [-0.2, -0.15) is 0 Å². The lowest BCUT2D eigenvalue weighted by Crippen LogP contribution is -2.41. The first kappa shape index (κ1) is 21.9. The summed E-state index contributed by atoms with van der Waals surface area (Å²) in [6, 6.07) is 14.8. The van der Waals surface area contributed by atoms with E-state index in [1.54, 1.807) is 0 Å². The second kappa shape index (κ2) is 8.93. The molecule has 1 aliphatic rings. The maximum atomic E-state index is 12.8. The van der Waals surface area contributed by atoms with E-state index in [-0.39, 0.29) is 22.4 Å². The molecule has 29 heavy (non-hydrogen) atoms. The van der Waals surface area contributed by atoms with Crippen LogP contribution in [0.5, 0.6) is 0 Å². The Balaban J connectivity index is 1.81. The lowest BCUT2D eigenvalue weighted by atomic mass is 9.96. The van der Waals surface area contributed by atoms with Crippen LogP contribution in [0.4, 0.5) is 0 Å². The number of sulfonamides is 2. The molecule has 0 aromatic heterocycles. The molecule has 1 atom stereocenters. The number of nitrogens with two attached hydrogens (primary N) is 1. The van der Waals surface area contributed by atoms with Crippen molar-refractivity contribution in [3.8, 4) is 0 Å². The van der Waals surface area contributed by atoms with Crippen molar-refractivity contribution in [3.05, 3.63) is 60.2 Å². The summed E-state index contributed by atoms with van der Waals surface area (Å²) in [6.07, 6.45) is 2.15. The van der Waals surface area contributed by atoms with Crippen LogP contribution in [0.2, 0.25) is 0 Å². The summed E-state index contributed by atoms with van der Waals surface area (Å²) in [5, 5.41) is 5.13. The van der Waals surface area contributed by atoms with Crippen molar-refractivity contribution >= 4 is 20.0 Å². The molecule has 3 N–H and O–H groups in total. The summed E-state index contributed by atoms with van der Waals surface area (Å²) in [5.41, 5.74) is 1.04. The SMILES string of the molecule is CC1CCN(C(CNS(=O)(=O)c2cccc(S(N)(=O)=O)c2)c2ccccc2)CC1. The van der Waals surface area contributed by atoms with Crippen molar-refractivity contribution in [1.29, 1.82) is 0 Å². The number of piperidine rings is 1. The summed E-state index contributed by atoms with van der Waals surface area (Å²) < 4.78 is 51.4. The summed E-state index contributed by atoms with van der Waals surface area (Å²) in [7, 11) is -7.87. The molecular formula is C20H27N3O4S2. The Bertz CT molecular complexity index is 1030. The third-order valence-electron chi connectivity index (χ3n) is 5.35. The minimum absolute atomic E-state index is 0.0973. The standard InChI is InChI=1S/C20H27N3O4S2/c1-16-10-12-23(13-11-16)20(17-6-3-2-4-7-17)15-22-29(26,27)19-9-5-8-18(14-19)28(21,24)25/h2-9,14,16,20,22H,10-13,15H2,1H3,(H2,21,24,25). The molecule has 1 fully saturated rings. The minimum Gasteiger partial charge on any atom is -0.295 e. The Hall–Kier alpha value is -1.78. The zero-order chi connectivity index (χ0) is 21.1. The number of likely N-dealkylation sites (tertiary alicyclic amines) is 1. The van der Waals surface area contributed by atoms with Crippen LogP contribution in [0.25, 0.3) is 0 Å². The molecule has 1 saturated heterocycles. The number of primary sulfonamides is 1. The number of hydrogen-bond acceptors (Lipinski definition) is 5. The molecule has 0 spiro atoms. The van der Waals surface area contributed by atoms with Crippen LogP contribution in [0.3, 0.4) is 0 Å². The lowest BCUT2D eigenvalue weighted by Gasteiger charge is -2.37. The van der Waals surface area contributed by atoms with E-state index < -0.39 is 20.0 Å². The largest absolute Gasteiger partial charge is 0.295 e. The third-order valence-corrected chi connectivity index (χ3v) is 7.69. The molecule has 1 unspecified atom stereocenters. The van der Waals surface area contributed by atoms with Crippen molar-refractivity contribution in [1.82, 2.24) is 9.62 Å². The quantitative estimate of drug-likeness (QED) is 0.689. The number of benzene rings is 2. The number of rotatable bonds is 7. The van der Waals surface area contributed by atoms with Gasteiger partial charge in [-0.1, -0.05) is 43.3 Å². The van der Waals surface area contributed by atoms with Gasteiger partial charge in [0.15, 0.2) is 0 Å². The smallest absolute Gasteiger partial charge is 0.240 e. The van der Waals surface area contributed by atoms with Gasteiger partial charge in [0.05, 0.1) is 9.79 Å². The zero-order valence-corrected chi connectivity index (χ0v) is 18.0. The topological polar surface area (TPSA) is 110 Å². The summed E-state index contributed by atoms with van der Waals surface area (Å²) in [4.78, 5) is 1.95. The molecule has 9 heteroatoms. The molecule has 0 bridgehead atoms. The predicted octanol–water partition coefficient (Wildman–Crippen LogP) is 2.09. The highest BCUT2D eigenvalue weighted by Crippen LogP contribution is 2.27. The van der Waals surface area contributed by atoms with Crippen molar-refractivity contribution in [3.63, 3.8) is 0 Å². The average molecular weight is 438 g/mol. The maximum Gasteiger partial charge on any atom is 0.240 e. The molecule has 2 aromatic carbocycles. The Morgan fingerprint density at radius 3 is 2.24 bits per heavy atom. The first-order chi connectivity index (χ1) is 13.7. The monoisotopic (exact) mass is 437 g/mol. The first-order valence-electron chi connectivity index (χ1n) is 9.58. The van der Waals surface area contributed by atoms with Crippen molar-refractivity contribution in [2.45, 2.75) is 35.6 Å². The van der Waals surface area contributed by atoms with Gasteiger partial charge in [-0.25, -0.2) is 26.7 Å². The van der Waals surface area contributed by atoms with Gasteiger partial charge in [0.25, 0.3) is 0 Å². The second-order valence-electron chi connectivity index (χ2n) is 7.52. The highest BCUT2D eigenvalue weighted by atomic mass is 32.2. The molecule has 0 amide bonds. The summed E-state index contributed by atoms with van der Waals surface area (Å²) >= 11 is 0. The van der Waals surface area contributed by atoms with Gasteiger partial charge in [-0.05, 0) is 55.6 Å². The van der Waals surface area contributed by atoms with Crippen molar-refractivity contribution in [2.24, 2.45) is 11.1 Å². The average Bonchev–Trinajstić information content (AvgIpc) is 2.70. The Labute approximate surface area is 173 Å². The molecular weight excluding hydrogens is 410 g/mol. The summed E-state index contributed by atoms with van der Waals surface area (Å²) in [5.74, 6) is 0.667. The summed E-state index contributed by atoms with van der Waals surface area (Å²) in [6.45, 7) is 4.24. The van der Waals surface area contributed by atoms with Crippen LogP contribution in [0.15, 0.2) is 64.4 Å². The van der Waals surface area contributed by atoms with Gasteiger partial charge in [-0.15, -0.1) is 0 Å². The van der Waals surface area contributed by atoms with E-state index >= 15 is 0 Å². The highest BCUT2D eigenvalue weighted by molar-refractivity contribution is 7.90. The van der Waals surface area contributed by atoms with Gasteiger partial charge < -0.3 is 0 Å². The molecule has 2 aromatic rings. The number of nitrogens with one attached hydrogen (secondary N) is 1. The molecule has 0 aliphatic carbocycles. The second-order valence-corrected chi connectivity index (χ2v) is 10.8. The molecule has 3 rings (SSSR count). The van der Waals surface area contributed by atoms with Gasteiger partial charge in [0.1, 0.15) is 0 Å². The fourth-order valence-corrected chi connectivity index (χ4v) is 5.28. The Morgan fingerprint density at radius 1 is 1.00 bits per heavy atom. The van der Waals surface area contributed by atoms with E-state index in [1.165, 1.54) is 18.2 Å². The maximum absolute atomic E-state index is 12.8. The van der Waals surface area contributed by atoms with Gasteiger partial charge in [0, 0.05) is 12.6 Å². The molecule has 158 valence electrons. The van der Waals surface area contributed by atoms with Gasteiger partial charge >= 0.3 is 0 Å². The first-order valence-corrected chi connectivity index (χ1v) is 12.6. The van der Waals surface area contributed by atoms with E-state index in [9.17, 15) is 16.8 Å². The van der Waals surface area contributed by atoms with E-state index in [4.69, 9.17) is 5.14 Å². The van der Waals surface area contributed by atoms with Gasteiger partial charge in [-0.3, -0.25) is 4.90 Å². The predicted molar refractivity (Wildman–Crippen MR) is 112 cm³/mol. The lowest BCUT2D eigenvalue weighted by molar-refractivity contribution is 0.139. The van der Waals surface area contributed by atoms with E-state index in [2.05, 4.69) is 16.5 Å². The molecule has 1 aliphatic heterocycles. The van der Waals surface area contributed by atoms with E-state index in [1.807, 2.05) is 30.3 Å².